The van der Waals surface area contributed by atoms with Crippen LogP contribution in [-0.2, 0) is 7.05 Å². The predicted octanol–water partition coefficient (Wildman–Crippen LogP) is 0.135. The molecule has 2 heterocycles. The summed E-state index contributed by atoms with van der Waals surface area (Å²) < 4.78 is 1.88. The zero-order valence-electron chi connectivity index (χ0n) is 8.58. The summed E-state index contributed by atoms with van der Waals surface area (Å²) in [6.45, 7) is 0. The highest BCUT2D eigenvalue weighted by molar-refractivity contribution is 7.80. The third-order valence-corrected chi connectivity index (χ3v) is 2.09. The Morgan fingerprint density at radius 1 is 1.56 bits per heavy atom. The van der Waals surface area contributed by atoms with E-state index in [2.05, 4.69) is 32.7 Å². The van der Waals surface area contributed by atoms with Gasteiger partial charge in [-0.3, -0.25) is 10.4 Å². The molecule has 16 heavy (non-hydrogen) atoms. The Morgan fingerprint density at radius 2 is 2.31 bits per heavy atom. The number of rotatable bonds is 2. The summed E-state index contributed by atoms with van der Waals surface area (Å²) in [6.07, 6.45) is 6.78. The Labute approximate surface area is 97.2 Å². The Balaban J connectivity index is 2.38. The number of hydrogen-bond donors (Lipinski definition) is 2. The van der Waals surface area contributed by atoms with Crippen LogP contribution in [-0.4, -0.2) is 25.9 Å². The molecule has 0 aliphatic heterocycles. The average Bonchev–Trinajstić information content (AvgIpc) is 2.57. The van der Waals surface area contributed by atoms with Gasteiger partial charge in [0.2, 0.25) is 0 Å². The summed E-state index contributed by atoms with van der Waals surface area (Å²) >= 11 is 4.63. The standard InChI is InChI=1S/C9H10N6S/c1-15-5-6(4-13-14-9(10)16)7-8(15)12-3-2-11-7/h2-5H,1H3,(H3,10,14,16). The maximum atomic E-state index is 5.25. The summed E-state index contributed by atoms with van der Waals surface area (Å²) in [7, 11) is 1.90. The number of hydrazone groups is 1. The Hall–Kier alpha value is -2.02. The van der Waals surface area contributed by atoms with Crippen molar-refractivity contribution in [2.24, 2.45) is 17.9 Å². The van der Waals surface area contributed by atoms with Crippen molar-refractivity contribution in [2.75, 3.05) is 0 Å². The lowest BCUT2D eigenvalue weighted by molar-refractivity contribution is 0.945. The molecule has 0 saturated heterocycles. The van der Waals surface area contributed by atoms with Crippen LogP contribution in [0.1, 0.15) is 5.56 Å². The largest absolute Gasteiger partial charge is 0.375 e. The van der Waals surface area contributed by atoms with Crippen molar-refractivity contribution in [3.8, 4) is 0 Å². The number of thiocarbonyl (C=S) groups is 1. The first-order valence-corrected chi connectivity index (χ1v) is 4.94. The fourth-order valence-corrected chi connectivity index (χ4v) is 1.44. The smallest absolute Gasteiger partial charge is 0.184 e. The van der Waals surface area contributed by atoms with Gasteiger partial charge in [0, 0.05) is 31.2 Å². The first kappa shape index (κ1) is 10.5. The van der Waals surface area contributed by atoms with Crippen LogP contribution in [0.25, 0.3) is 11.2 Å². The quantitative estimate of drug-likeness (QED) is 0.439. The second kappa shape index (κ2) is 4.23. The summed E-state index contributed by atoms with van der Waals surface area (Å²) in [5.74, 6) is 0. The van der Waals surface area contributed by atoms with E-state index in [-0.39, 0.29) is 5.11 Å². The van der Waals surface area contributed by atoms with Crippen molar-refractivity contribution in [2.45, 2.75) is 0 Å². The molecule has 0 amide bonds. The molecule has 7 heteroatoms. The molecule has 0 saturated carbocycles. The second-order valence-corrected chi connectivity index (χ2v) is 3.60. The monoisotopic (exact) mass is 234 g/mol. The van der Waals surface area contributed by atoms with Crippen LogP contribution in [0.4, 0.5) is 0 Å². The molecule has 0 aromatic carbocycles. The third-order valence-electron chi connectivity index (χ3n) is 2.00. The van der Waals surface area contributed by atoms with E-state index in [9.17, 15) is 0 Å². The average molecular weight is 234 g/mol. The number of hydrogen-bond acceptors (Lipinski definition) is 4. The van der Waals surface area contributed by atoms with Crippen molar-refractivity contribution in [3.63, 3.8) is 0 Å². The van der Waals surface area contributed by atoms with Gasteiger partial charge in [0.05, 0.1) is 6.21 Å². The number of fused-ring (bicyclic) bond motifs is 1. The van der Waals surface area contributed by atoms with E-state index in [0.29, 0.717) is 0 Å². The highest BCUT2D eigenvalue weighted by Crippen LogP contribution is 2.13. The van der Waals surface area contributed by atoms with Gasteiger partial charge in [0.1, 0.15) is 5.52 Å². The van der Waals surface area contributed by atoms with Gasteiger partial charge in [-0.15, -0.1) is 0 Å². The van der Waals surface area contributed by atoms with Gasteiger partial charge >= 0.3 is 0 Å². The molecular formula is C9H10N6S. The van der Waals surface area contributed by atoms with E-state index in [0.717, 1.165) is 16.7 Å². The van der Waals surface area contributed by atoms with Gasteiger partial charge in [-0.25, -0.2) is 4.98 Å². The predicted molar refractivity (Wildman–Crippen MR) is 66.0 cm³/mol. The van der Waals surface area contributed by atoms with Gasteiger partial charge in [-0.1, -0.05) is 0 Å². The lowest BCUT2D eigenvalue weighted by Gasteiger charge is -1.92. The Bertz CT molecular complexity index is 558. The molecule has 0 fully saturated rings. The van der Waals surface area contributed by atoms with E-state index in [4.69, 9.17) is 5.73 Å². The number of nitrogens with one attached hydrogen (secondary N) is 1. The fourth-order valence-electron chi connectivity index (χ4n) is 1.38. The molecule has 2 rings (SSSR count). The van der Waals surface area contributed by atoms with Crippen molar-refractivity contribution in [3.05, 3.63) is 24.2 Å². The van der Waals surface area contributed by atoms with Crippen LogP contribution < -0.4 is 11.2 Å². The number of aryl methyl sites for hydroxylation is 1. The lowest BCUT2D eigenvalue weighted by atomic mass is 10.3. The molecule has 0 bridgehead atoms. The summed E-state index contributed by atoms with van der Waals surface area (Å²) in [5.41, 5.74) is 10.2. The molecule has 6 nitrogen and oxygen atoms in total. The zero-order valence-corrected chi connectivity index (χ0v) is 9.40. The minimum atomic E-state index is 0.127. The van der Waals surface area contributed by atoms with E-state index in [1.807, 2.05) is 17.8 Å². The zero-order chi connectivity index (χ0) is 11.5. The SMILES string of the molecule is Cn1cc(C=NNC(N)=S)c2nccnc21. The molecule has 2 aromatic heterocycles. The van der Waals surface area contributed by atoms with Gasteiger partial charge in [-0.2, -0.15) is 5.10 Å². The van der Waals surface area contributed by atoms with E-state index in [1.165, 1.54) is 0 Å². The number of nitrogens with two attached hydrogens (primary N) is 1. The van der Waals surface area contributed by atoms with Crippen molar-refractivity contribution in [1.82, 2.24) is 20.0 Å². The van der Waals surface area contributed by atoms with Gasteiger partial charge in [-0.05, 0) is 12.2 Å². The van der Waals surface area contributed by atoms with Crippen LogP contribution in [0.3, 0.4) is 0 Å². The first-order chi connectivity index (χ1) is 7.68. The molecule has 82 valence electrons. The maximum absolute atomic E-state index is 5.25. The van der Waals surface area contributed by atoms with Crippen LogP contribution in [0.5, 0.6) is 0 Å². The van der Waals surface area contributed by atoms with Gasteiger partial charge < -0.3 is 10.3 Å². The van der Waals surface area contributed by atoms with Gasteiger partial charge in [0.15, 0.2) is 10.8 Å². The minimum absolute atomic E-state index is 0.127. The van der Waals surface area contributed by atoms with E-state index in [1.54, 1.807) is 18.6 Å². The molecule has 3 N–H and O–H groups in total. The maximum Gasteiger partial charge on any atom is 0.184 e. The number of aromatic nitrogens is 3. The number of nitrogens with zero attached hydrogens (tertiary/aromatic N) is 4. The van der Waals surface area contributed by atoms with Crippen LogP contribution in [0.15, 0.2) is 23.7 Å². The molecule has 0 aliphatic rings. The molecular weight excluding hydrogens is 224 g/mol. The van der Waals surface area contributed by atoms with Crippen LogP contribution in [0, 0.1) is 0 Å². The third kappa shape index (κ3) is 1.98. The lowest BCUT2D eigenvalue weighted by Crippen LogP contribution is -2.23. The molecule has 0 radical (unpaired) electrons. The first-order valence-electron chi connectivity index (χ1n) is 4.53. The van der Waals surface area contributed by atoms with Crippen molar-refractivity contribution < 1.29 is 0 Å². The molecule has 0 atom stereocenters. The molecule has 2 aromatic rings. The summed E-state index contributed by atoms with van der Waals surface area (Å²) in [6, 6.07) is 0. The van der Waals surface area contributed by atoms with Crippen LogP contribution >= 0.6 is 12.2 Å². The van der Waals surface area contributed by atoms with Crippen LogP contribution in [0.2, 0.25) is 0 Å². The molecule has 0 aliphatic carbocycles. The van der Waals surface area contributed by atoms with E-state index < -0.39 is 0 Å². The fraction of sp³-hybridized carbons (Fsp3) is 0.111. The highest BCUT2D eigenvalue weighted by Gasteiger charge is 2.05. The Kier molecular flexibility index (Phi) is 2.78. The summed E-state index contributed by atoms with van der Waals surface area (Å²) in [4.78, 5) is 8.45. The summed E-state index contributed by atoms with van der Waals surface area (Å²) in [5, 5.41) is 4.01. The van der Waals surface area contributed by atoms with Crippen molar-refractivity contribution >= 4 is 34.7 Å². The Morgan fingerprint density at radius 3 is 3.06 bits per heavy atom. The second-order valence-electron chi connectivity index (χ2n) is 3.16. The van der Waals surface area contributed by atoms with Crippen molar-refractivity contribution in [1.29, 1.82) is 0 Å². The molecule has 0 spiro atoms. The normalized spacial score (nSPS) is 11.1. The topological polar surface area (TPSA) is 81.1 Å². The van der Waals surface area contributed by atoms with E-state index >= 15 is 0 Å². The minimum Gasteiger partial charge on any atom is -0.375 e. The molecule has 0 unspecified atom stereocenters. The van der Waals surface area contributed by atoms with Gasteiger partial charge in [0.25, 0.3) is 0 Å². The highest BCUT2D eigenvalue weighted by atomic mass is 32.1.